The Kier molecular flexibility index (Phi) is 4.98. The Morgan fingerprint density at radius 1 is 1.08 bits per heavy atom. The molecule has 0 saturated heterocycles. The molecule has 3 rings (SSSR count). The van der Waals surface area contributed by atoms with Crippen molar-refractivity contribution in [2.45, 2.75) is 0 Å². The second-order valence-corrected chi connectivity index (χ2v) is 5.48. The minimum atomic E-state index is -0.594. The van der Waals surface area contributed by atoms with Gasteiger partial charge in [-0.2, -0.15) is 0 Å². The summed E-state index contributed by atoms with van der Waals surface area (Å²) in [6, 6.07) is 14.3. The Hall–Kier alpha value is -3.61. The molecular weight excluding hydrogens is 337 g/mol. The summed E-state index contributed by atoms with van der Waals surface area (Å²) in [7, 11) is 0. The number of nitrogens with one attached hydrogen (secondary N) is 1. The predicted molar refractivity (Wildman–Crippen MR) is 94.8 cm³/mol. The van der Waals surface area contributed by atoms with Crippen molar-refractivity contribution < 1.29 is 18.7 Å². The molecule has 132 valence electrons. The van der Waals surface area contributed by atoms with Gasteiger partial charge in [0.25, 0.3) is 5.91 Å². The number of rotatable bonds is 6. The van der Waals surface area contributed by atoms with Crippen molar-refractivity contribution in [1.82, 2.24) is 4.57 Å². The molecule has 0 atom stereocenters. The van der Waals surface area contributed by atoms with E-state index < -0.39 is 17.6 Å². The molecule has 1 heterocycles. The summed E-state index contributed by atoms with van der Waals surface area (Å²) in [5, 5.41) is 2.48. The van der Waals surface area contributed by atoms with Crippen LogP contribution >= 0.6 is 0 Å². The monoisotopic (exact) mass is 353 g/mol. The summed E-state index contributed by atoms with van der Waals surface area (Å²) >= 11 is 0. The third-order valence-electron chi connectivity index (χ3n) is 3.62. The van der Waals surface area contributed by atoms with Crippen molar-refractivity contribution >= 4 is 17.5 Å². The molecule has 0 aliphatic heterocycles. The van der Waals surface area contributed by atoms with E-state index in [-0.39, 0.29) is 17.9 Å². The van der Waals surface area contributed by atoms with E-state index >= 15 is 0 Å². The Morgan fingerprint density at radius 3 is 2.58 bits per heavy atom. The number of amides is 2. The topological polar surface area (TPSA) is 86.4 Å². The fourth-order valence-corrected chi connectivity index (χ4v) is 2.35. The first-order valence-electron chi connectivity index (χ1n) is 7.78. The number of anilines is 1. The number of nitrogens with two attached hydrogens (primary N) is 1. The highest BCUT2D eigenvalue weighted by molar-refractivity contribution is 5.93. The zero-order valence-corrected chi connectivity index (χ0v) is 13.7. The lowest BCUT2D eigenvalue weighted by molar-refractivity contribution is -0.118. The summed E-state index contributed by atoms with van der Waals surface area (Å²) in [5.41, 5.74) is 6.23. The third-order valence-corrected chi connectivity index (χ3v) is 3.62. The number of primary amides is 1. The van der Waals surface area contributed by atoms with Crippen molar-refractivity contribution in [1.29, 1.82) is 0 Å². The number of aromatic nitrogens is 1. The first-order chi connectivity index (χ1) is 12.5. The van der Waals surface area contributed by atoms with Crippen molar-refractivity contribution in [3.63, 3.8) is 0 Å². The zero-order chi connectivity index (χ0) is 18.5. The summed E-state index contributed by atoms with van der Waals surface area (Å²) in [5.74, 6) is -1.36. The van der Waals surface area contributed by atoms with Gasteiger partial charge in [-0.1, -0.05) is 6.07 Å². The van der Waals surface area contributed by atoms with Crippen LogP contribution in [0, 0.1) is 5.82 Å². The predicted octanol–water partition coefficient (Wildman–Crippen LogP) is 2.73. The van der Waals surface area contributed by atoms with Crippen LogP contribution in [0.4, 0.5) is 10.1 Å². The van der Waals surface area contributed by atoms with Crippen molar-refractivity contribution in [2.24, 2.45) is 5.73 Å². The molecular formula is C19H16FN3O3. The lowest BCUT2D eigenvalue weighted by Crippen LogP contribution is -2.21. The maximum absolute atomic E-state index is 14.0. The van der Waals surface area contributed by atoms with Crippen molar-refractivity contribution in [2.75, 3.05) is 11.9 Å². The van der Waals surface area contributed by atoms with Crippen LogP contribution in [0.2, 0.25) is 0 Å². The summed E-state index contributed by atoms with van der Waals surface area (Å²) < 4.78 is 21.1. The Morgan fingerprint density at radius 2 is 1.85 bits per heavy atom. The van der Waals surface area contributed by atoms with Crippen LogP contribution in [0.5, 0.6) is 5.75 Å². The van der Waals surface area contributed by atoms with Gasteiger partial charge in [0, 0.05) is 23.6 Å². The quantitative estimate of drug-likeness (QED) is 0.714. The number of hydrogen-bond acceptors (Lipinski definition) is 3. The van der Waals surface area contributed by atoms with Gasteiger partial charge in [-0.05, 0) is 48.5 Å². The molecule has 7 heteroatoms. The lowest BCUT2D eigenvalue weighted by atomic mass is 10.2. The Balaban J connectivity index is 1.66. The third kappa shape index (κ3) is 4.07. The largest absolute Gasteiger partial charge is 0.484 e. The van der Waals surface area contributed by atoms with Crippen LogP contribution in [0.3, 0.4) is 0 Å². The number of carbonyl (C=O) groups excluding carboxylic acids is 2. The van der Waals surface area contributed by atoms with E-state index in [1.165, 1.54) is 24.3 Å². The van der Waals surface area contributed by atoms with Crippen molar-refractivity contribution in [3.05, 3.63) is 78.4 Å². The molecule has 0 saturated carbocycles. The SMILES string of the molecule is NC(=O)c1cccc(OCC(=O)Nc2cc(-n3cccc3)ccc2F)c1. The van der Waals surface area contributed by atoms with Gasteiger partial charge >= 0.3 is 0 Å². The summed E-state index contributed by atoms with van der Waals surface area (Å²) in [4.78, 5) is 23.2. The van der Waals surface area contributed by atoms with Crippen LogP contribution in [0.25, 0.3) is 5.69 Å². The Labute approximate surface area is 149 Å². The molecule has 0 unspecified atom stereocenters. The molecule has 0 radical (unpaired) electrons. The molecule has 3 N–H and O–H groups in total. The molecule has 6 nitrogen and oxygen atoms in total. The van der Waals surface area contributed by atoms with E-state index in [9.17, 15) is 14.0 Å². The molecule has 0 bridgehead atoms. The van der Waals surface area contributed by atoms with E-state index in [1.54, 1.807) is 22.8 Å². The number of ether oxygens (including phenoxy) is 1. The van der Waals surface area contributed by atoms with E-state index in [4.69, 9.17) is 10.5 Å². The summed E-state index contributed by atoms with van der Waals surface area (Å²) in [6.07, 6.45) is 3.63. The highest BCUT2D eigenvalue weighted by Gasteiger charge is 2.10. The van der Waals surface area contributed by atoms with Crippen molar-refractivity contribution in [3.8, 4) is 11.4 Å². The van der Waals surface area contributed by atoms with Gasteiger partial charge in [-0.25, -0.2) is 4.39 Å². The standard InChI is InChI=1S/C19H16FN3O3/c20-16-7-6-14(23-8-1-2-9-23)11-17(16)22-18(24)12-26-15-5-3-4-13(10-15)19(21)25/h1-11H,12H2,(H2,21,25)(H,22,24). The molecule has 0 aliphatic rings. The average molecular weight is 353 g/mol. The molecule has 1 aromatic heterocycles. The van der Waals surface area contributed by atoms with Gasteiger partial charge in [-0.15, -0.1) is 0 Å². The first-order valence-corrected chi connectivity index (χ1v) is 7.78. The highest BCUT2D eigenvalue weighted by Crippen LogP contribution is 2.19. The number of nitrogens with zero attached hydrogens (tertiary/aromatic N) is 1. The minimum absolute atomic E-state index is 0.0516. The van der Waals surface area contributed by atoms with Gasteiger partial charge < -0.3 is 20.4 Å². The van der Waals surface area contributed by atoms with Gasteiger partial charge in [0.15, 0.2) is 6.61 Å². The lowest BCUT2D eigenvalue weighted by Gasteiger charge is -2.11. The highest BCUT2D eigenvalue weighted by atomic mass is 19.1. The maximum Gasteiger partial charge on any atom is 0.262 e. The number of carbonyl (C=O) groups is 2. The van der Waals surface area contributed by atoms with Crippen LogP contribution in [-0.4, -0.2) is 23.0 Å². The molecule has 0 aliphatic carbocycles. The second-order valence-electron chi connectivity index (χ2n) is 5.48. The molecule has 2 amide bonds. The summed E-state index contributed by atoms with van der Waals surface area (Å²) in [6.45, 7) is -0.338. The van der Waals surface area contributed by atoms with Crippen LogP contribution in [0.15, 0.2) is 67.0 Å². The van der Waals surface area contributed by atoms with E-state index in [2.05, 4.69) is 5.32 Å². The van der Waals surface area contributed by atoms with Crippen LogP contribution in [0.1, 0.15) is 10.4 Å². The van der Waals surface area contributed by atoms with Gasteiger partial charge in [-0.3, -0.25) is 9.59 Å². The van der Waals surface area contributed by atoms with Gasteiger partial charge in [0.2, 0.25) is 5.91 Å². The van der Waals surface area contributed by atoms with E-state index in [0.29, 0.717) is 11.4 Å². The molecule has 26 heavy (non-hydrogen) atoms. The smallest absolute Gasteiger partial charge is 0.262 e. The zero-order valence-electron chi connectivity index (χ0n) is 13.7. The molecule has 0 fully saturated rings. The number of hydrogen-bond donors (Lipinski definition) is 2. The molecule has 0 spiro atoms. The number of benzene rings is 2. The fraction of sp³-hybridized carbons (Fsp3) is 0.0526. The Bertz CT molecular complexity index is 939. The molecule has 2 aromatic carbocycles. The normalized spacial score (nSPS) is 10.3. The molecule has 3 aromatic rings. The maximum atomic E-state index is 14.0. The van der Waals surface area contributed by atoms with Gasteiger partial charge in [0.1, 0.15) is 11.6 Å². The average Bonchev–Trinajstić information content (AvgIpc) is 3.17. The van der Waals surface area contributed by atoms with Gasteiger partial charge in [0.05, 0.1) is 5.69 Å². The fourth-order valence-electron chi connectivity index (χ4n) is 2.35. The van der Waals surface area contributed by atoms with E-state index in [1.807, 2.05) is 24.5 Å². The first kappa shape index (κ1) is 17.2. The minimum Gasteiger partial charge on any atom is -0.484 e. The van der Waals surface area contributed by atoms with E-state index in [0.717, 1.165) is 0 Å². The second kappa shape index (κ2) is 7.52. The number of halogens is 1. The van der Waals surface area contributed by atoms with Crippen LogP contribution in [-0.2, 0) is 4.79 Å². The van der Waals surface area contributed by atoms with Crippen LogP contribution < -0.4 is 15.8 Å².